The number of aryl methyl sites for hydroxylation is 1. The van der Waals surface area contributed by atoms with Crippen LogP contribution in [0.3, 0.4) is 0 Å². The van der Waals surface area contributed by atoms with Crippen LogP contribution in [0.1, 0.15) is 5.56 Å². The number of aliphatic carboxylic acids is 1. The number of rotatable bonds is 3. The maximum Gasteiger partial charge on any atom is 0.323 e. The fourth-order valence-electron chi connectivity index (χ4n) is 1.01. The third-order valence-electron chi connectivity index (χ3n) is 1.66. The molecular formula is C9H12N2O2. The van der Waals surface area contributed by atoms with Crippen molar-refractivity contribution in [1.29, 1.82) is 0 Å². The van der Waals surface area contributed by atoms with E-state index in [-0.39, 0.29) is 6.54 Å². The first-order valence-corrected chi connectivity index (χ1v) is 3.95. The van der Waals surface area contributed by atoms with E-state index >= 15 is 0 Å². The summed E-state index contributed by atoms with van der Waals surface area (Å²) in [4.78, 5) is 16.0. The summed E-state index contributed by atoms with van der Waals surface area (Å²) in [6.45, 7) is 1.91. The number of carbonyl (C=O) groups is 1. The number of hydrogen-bond donors (Lipinski definition) is 1. The van der Waals surface area contributed by atoms with Crippen molar-refractivity contribution >= 4 is 11.8 Å². The van der Waals surface area contributed by atoms with E-state index in [0.717, 1.165) is 5.56 Å². The van der Waals surface area contributed by atoms with E-state index < -0.39 is 5.97 Å². The van der Waals surface area contributed by atoms with Crippen LogP contribution in [0.25, 0.3) is 0 Å². The number of anilines is 1. The Kier molecular flexibility index (Phi) is 2.84. The predicted molar refractivity (Wildman–Crippen MR) is 49.9 cm³/mol. The fourth-order valence-corrected chi connectivity index (χ4v) is 1.01. The Balaban J connectivity index is 2.76. The van der Waals surface area contributed by atoms with Gasteiger partial charge in [-0.25, -0.2) is 4.98 Å². The highest BCUT2D eigenvalue weighted by Gasteiger charge is 2.05. The fraction of sp³-hybridized carbons (Fsp3) is 0.333. The minimum Gasteiger partial charge on any atom is -0.480 e. The van der Waals surface area contributed by atoms with Crippen LogP contribution in [-0.4, -0.2) is 29.7 Å². The van der Waals surface area contributed by atoms with Gasteiger partial charge in [-0.05, 0) is 24.6 Å². The summed E-state index contributed by atoms with van der Waals surface area (Å²) in [5, 5.41) is 8.55. The van der Waals surface area contributed by atoms with E-state index in [9.17, 15) is 4.79 Å². The summed E-state index contributed by atoms with van der Waals surface area (Å²) in [6, 6.07) is 3.72. The van der Waals surface area contributed by atoms with E-state index in [1.807, 2.05) is 19.1 Å². The Bertz CT molecular complexity index is 312. The molecule has 0 radical (unpaired) electrons. The van der Waals surface area contributed by atoms with Crippen molar-refractivity contribution in [2.75, 3.05) is 18.5 Å². The second kappa shape index (κ2) is 3.89. The van der Waals surface area contributed by atoms with Gasteiger partial charge >= 0.3 is 5.97 Å². The zero-order valence-electron chi connectivity index (χ0n) is 7.69. The SMILES string of the molecule is Cc1ccnc(N(C)CC(=O)O)c1. The van der Waals surface area contributed by atoms with E-state index in [0.29, 0.717) is 5.82 Å². The molecule has 0 aliphatic carbocycles. The Morgan fingerprint density at radius 1 is 1.69 bits per heavy atom. The van der Waals surface area contributed by atoms with Crippen molar-refractivity contribution in [2.45, 2.75) is 6.92 Å². The second-order valence-corrected chi connectivity index (χ2v) is 2.94. The smallest absolute Gasteiger partial charge is 0.323 e. The number of pyridine rings is 1. The Hall–Kier alpha value is -1.58. The van der Waals surface area contributed by atoms with E-state index in [2.05, 4.69) is 4.98 Å². The average Bonchev–Trinajstić information content (AvgIpc) is 2.03. The third kappa shape index (κ3) is 2.74. The summed E-state index contributed by atoms with van der Waals surface area (Å²) in [5.41, 5.74) is 1.07. The first-order chi connectivity index (χ1) is 6.09. The first kappa shape index (κ1) is 9.51. The molecule has 0 amide bonds. The molecule has 1 heterocycles. The maximum absolute atomic E-state index is 10.4. The van der Waals surface area contributed by atoms with Gasteiger partial charge in [-0.3, -0.25) is 4.79 Å². The van der Waals surface area contributed by atoms with Crippen LogP contribution in [0.15, 0.2) is 18.3 Å². The molecule has 1 aromatic rings. The normalized spacial score (nSPS) is 9.69. The molecule has 0 spiro atoms. The lowest BCUT2D eigenvalue weighted by molar-refractivity contribution is -0.135. The van der Waals surface area contributed by atoms with Gasteiger partial charge in [0.25, 0.3) is 0 Å². The molecule has 0 aliphatic heterocycles. The molecule has 1 aromatic heterocycles. The van der Waals surface area contributed by atoms with Gasteiger partial charge in [-0.15, -0.1) is 0 Å². The van der Waals surface area contributed by atoms with Crippen molar-refractivity contribution in [3.8, 4) is 0 Å². The predicted octanol–water partition coefficient (Wildman–Crippen LogP) is 0.911. The van der Waals surface area contributed by atoms with E-state index in [4.69, 9.17) is 5.11 Å². The second-order valence-electron chi connectivity index (χ2n) is 2.94. The van der Waals surface area contributed by atoms with Crippen molar-refractivity contribution in [3.63, 3.8) is 0 Å². The first-order valence-electron chi connectivity index (χ1n) is 3.95. The van der Waals surface area contributed by atoms with E-state index in [1.54, 1.807) is 18.1 Å². The van der Waals surface area contributed by atoms with Crippen LogP contribution in [0.4, 0.5) is 5.82 Å². The van der Waals surface area contributed by atoms with Crippen LogP contribution >= 0.6 is 0 Å². The van der Waals surface area contributed by atoms with E-state index in [1.165, 1.54) is 0 Å². The zero-order valence-corrected chi connectivity index (χ0v) is 7.69. The molecule has 13 heavy (non-hydrogen) atoms. The standard InChI is InChI=1S/C9H12N2O2/c1-7-3-4-10-8(5-7)11(2)6-9(12)13/h3-5H,6H2,1-2H3,(H,12,13). The maximum atomic E-state index is 10.4. The van der Waals surface area contributed by atoms with Gasteiger partial charge in [0.05, 0.1) is 0 Å². The summed E-state index contributed by atoms with van der Waals surface area (Å²) in [6.07, 6.45) is 1.67. The molecule has 1 N–H and O–H groups in total. The number of nitrogens with zero attached hydrogens (tertiary/aromatic N) is 2. The van der Waals surface area contributed by atoms with Crippen LogP contribution in [-0.2, 0) is 4.79 Å². The largest absolute Gasteiger partial charge is 0.480 e. The topological polar surface area (TPSA) is 53.4 Å². The van der Waals surface area contributed by atoms with Gasteiger partial charge in [0.15, 0.2) is 0 Å². The monoisotopic (exact) mass is 180 g/mol. The molecule has 0 saturated heterocycles. The van der Waals surface area contributed by atoms with Gasteiger partial charge < -0.3 is 10.0 Å². The number of aromatic nitrogens is 1. The van der Waals surface area contributed by atoms with Gasteiger partial charge in [-0.2, -0.15) is 0 Å². The molecule has 4 nitrogen and oxygen atoms in total. The molecule has 0 aliphatic rings. The quantitative estimate of drug-likeness (QED) is 0.751. The molecule has 4 heteroatoms. The highest BCUT2D eigenvalue weighted by molar-refractivity contribution is 5.72. The lowest BCUT2D eigenvalue weighted by atomic mass is 10.3. The highest BCUT2D eigenvalue weighted by Crippen LogP contribution is 2.09. The summed E-state index contributed by atoms with van der Waals surface area (Å²) < 4.78 is 0. The van der Waals surface area contributed by atoms with Gasteiger partial charge in [0.1, 0.15) is 12.4 Å². The van der Waals surface area contributed by atoms with Crippen LogP contribution in [0.2, 0.25) is 0 Å². The van der Waals surface area contributed by atoms with Crippen molar-refractivity contribution < 1.29 is 9.90 Å². The molecule has 0 fully saturated rings. The molecule has 0 atom stereocenters. The Morgan fingerprint density at radius 3 is 2.92 bits per heavy atom. The molecule has 1 rings (SSSR count). The van der Waals surface area contributed by atoms with Crippen molar-refractivity contribution in [1.82, 2.24) is 4.98 Å². The molecule has 0 unspecified atom stereocenters. The average molecular weight is 180 g/mol. The summed E-state index contributed by atoms with van der Waals surface area (Å²) in [5.74, 6) is -0.173. The Labute approximate surface area is 76.8 Å². The summed E-state index contributed by atoms with van der Waals surface area (Å²) in [7, 11) is 1.70. The van der Waals surface area contributed by atoms with Crippen LogP contribution < -0.4 is 4.90 Å². The molecule has 0 saturated carbocycles. The molecular weight excluding hydrogens is 168 g/mol. The van der Waals surface area contributed by atoms with Crippen molar-refractivity contribution in [3.05, 3.63) is 23.9 Å². The molecule has 0 aromatic carbocycles. The minimum absolute atomic E-state index is 0.0313. The zero-order chi connectivity index (χ0) is 9.84. The highest BCUT2D eigenvalue weighted by atomic mass is 16.4. The van der Waals surface area contributed by atoms with Gasteiger partial charge in [0, 0.05) is 13.2 Å². The number of carboxylic acids is 1. The number of likely N-dealkylation sites (N-methyl/N-ethyl adjacent to an activating group) is 1. The van der Waals surface area contributed by atoms with Crippen molar-refractivity contribution in [2.24, 2.45) is 0 Å². The molecule has 70 valence electrons. The van der Waals surface area contributed by atoms with Crippen LogP contribution in [0, 0.1) is 6.92 Å². The lowest BCUT2D eigenvalue weighted by Crippen LogP contribution is -2.25. The minimum atomic E-state index is -0.856. The number of hydrogen-bond acceptors (Lipinski definition) is 3. The number of carboxylic acid groups (broad SMARTS) is 1. The van der Waals surface area contributed by atoms with Crippen LogP contribution in [0.5, 0.6) is 0 Å². The summed E-state index contributed by atoms with van der Waals surface area (Å²) >= 11 is 0. The molecule has 0 bridgehead atoms. The van der Waals surface area contributed by atoms with Gasteiger partial charge in [0.2, 0.25) is 0 Å². The van der Waals surface area contributed by atoms with Gasteiger partial charge in [-0.1, -0.05) is 0 Å². The lowest BCUT2D eigenvalue weighted by Gasteiger charge is -2.15. The Morgan fingerprint density at radius 2 is 2.38 bits per heavy atom. The third-order valence-corrected chi connectivity index (χ3v) is 1.66.